The zero-order chi connectivity index (χ0) is 17.4. The number of piperidine rings is 1. The number of ether oxygens (including phenoxy) is 2. The van der Waals surface area contributed by atoms with Gasteiger partial charge in [-0.2, -0.15) is 0 Å². The van der Waals surface area contributed by atoms with Gasteiger partial charge < -0.3 is 19.7 Å². The monoisotopic (exact) mass is 344 g/mol. The maximum Gasteiger partial charge on any atom is 0.228 e. The van der Waals surface area contributed by atoms with Crippen LogP contribution in [0.4, 0.5) is 5.69 Å². The van der Waals surface area contributed by atoms with Crippen molar-refractivity contribution in [2.24, 2.45) is 17.8 Å². The highest BCUT2D eigenvalue weighted by Gasteiger charge is 2.49. The summed E-state index contributed by atoms with van der Waals surface area (Å²) in [5.74, 6) is 1.75. The molecule has 6 nitrogen and oxygen atoms in total. The Kier molecular flexibility index (Phi) is 4.27. The van der Waals surface area contributed by atoms with Gasteiger partial charge in [-0.1, -0.05) is 6.92 Å². The average Bonchev–Trinajstić information content (AvgIpc) is 3.42. The summed E-state index contributed by atoms with van der Waals surface area (Å²) in [6.07, 6.45) is 2.78. The maximum atomic E-state index is 12.5. The Morgan fingerprint density at radius 1 is 1.08 bits per heavy atom. The molecule has 25 heavy (non-hydrogen) atoms. The number of carbonyl (C=O) groups is 2. The van der Waals surface area contributed by atoms with Gasteiger partial charge in [0.1, 0.15) is 13.2 Å². The second-order valence-corrected chi connectivity index (χ2v) is 7.30. The zero-order valence-corrected chi connectivity index (χ0v) is 14.5. The number of carbonyl (C=O) groups excluding carboxylic acids is 2. The molecule has 6 heteroatoms. The van der Waals surface area contributed by atoms with E-state index in [4.69, 9.17) is 9.47 Å². The van der Waals surface area contributed by atoms with Gasteiger partial charge >= 0.3 is 0 Å². The lowest BCUT2D eigenvalue weighted by Gasteiger charge is -2.30. The first kappa shape index (κ1) is 16.2. The standard InChI is InChI=1S/C19H24N2O4/c1-12-4-6-21(7-5-12)19(23)15-11-14(15)18(22)20-13-2-3-16-17(10-13)25-9-8-24-16/h2-3,10,12,14-15H,4-9,11H2,1H3,(H,20,22). The van der Waals surface area contributed by atoms with Crippen molar-refractivity contribution in [1.82, 2.24) is 4.90 Å². The van der Waals surface area contributed by atoms with Crippen LogP contribution in [-0.4, -0.2) is 43.0 Å². The number of anilines is 1. The van der Waals surface area contributed by atoms with Gasteiger partial charge in [0.25, 0.3) is 0 Å². The second kappa shape index (κ2) is 6.58. The van der Waals surface area contributed by atoms with Crippen molar-refractivity contribution in [1.29, 1.82) is 0 Å². The molecule has 134 valence electrons. The molecular weight excluding hydrogens is 320 g/mol. The SMILES string of the molecule is CC1CCN(C(=O)C2CC2C(=O)Nc2ccc3c(c2)OCCO3)CC1. The van der Waals surface area contributed by atoms with E-state index in [1.54, 1.807) is 18.2 Å². The molecule has 1 N–H and O–H groups in total. The van der Waals surface area contributed by atoms with Crippen LogP contribution in [0.1, 0.15) is 26.2 Å². The molecule has 4 rings (SSSR count). The highest BCUT2D eigenvalue weighted by atomic mass is 16.6. The fourth-order valence-corrected chi connectivity index (χ4v) is 3.58. The number of hydrogen-bond acceptors (Lipinski definition) is 4. The minimum absolute atomic E-state index is 0.0830. The Labute approximate surface area is 147 Å². The predicted octanol–water partition coefficient (Wildman–Crippen LogP) is 2.29. The summed E-state index contributed by atoms with van der Waals surface area (Å²) in [6, 6.07) is 5.38. The molecule has 1 saturated heterocycles. The summed E-state index contributed by atoms with van der Waals surface area (Å²) in [5, 5.41) is 2.90. The van der Waals surface area contributed by atoms with Crippen LogP contribution in [-0.2, 0) is 9.59 Å². The maximum absolute atomic E-state index is 12.5. The Morgan fingerprint density at radius 2 is 1.80 bits per heavy atom. The van der Waals surface area contributed by atoms with Crippen LogP contribution in [0.2, 0.25) is 0 Å². The molecule has 0 bridgehead atoms. The third-order valence-electron chi connectivity index (χ3n) is 5.35. The topological polar surface area (TPSA) is 67.9 Å². The molecule has 2 amide bonds. The van der Waals surface area contributed by atoms with Crippen molar-refractivity contribution in [3.63, 3.8) is 0 Å². The summed E-state index contributed by atoms with van der Waals surface area (Å²) in [4.78, 5) is 26.9. The van der Waals surface area contributed by atoms with Gasteiger partial charge in [-0.25, -0.2) is 0 Å². The summed E-state index contributed by atoms with van der Waals surface area (Å²) in [5.41, 5.74) is 0.680. The van der Waals surface area contributed by atoms with E-state index in [0.717, 1.165) is 25.9 Å². The molecule has 3 aliphatic rings. The van der Waals surface area contributed by atoms with Crippen LogP contribution >= 0.6 is 0 Å². The van der Waals surface area contributed by atoms with Gasteiger partial charge in [0.05, 0.1) is 11.8 Å². The van der Waals surface area contributed by atoms with Crippen LogP contribution in [0, 0.1) is 17.8 Å². The van der Waals surface area contributed by atoms with Gasteiger partial charge in [0, 0.05) is 24.8 Å². The van der Waals surface area contributed by atoms with Gasteiger partial charge in [-0.05, 0) is 37.3 Å². The molecule has 0 spiro atoms. The van der Waals surface area contributed by atoms with Gasteiger partial charge in [-0.15, -0.1) is 0 Å². The first-order chi connectivity index (χ1) is 12.1. The summed E-state index contributed by atoms with van der Waals surface area (Å²) in [7, 11) is 0. The molecule has 2 fully saturated rings. The highest BCUT2D eigenvalue weighted by molar-refractivity contribution is 5.99. The minimum Gasteiger partial charge on any atom is -0.486 e. The number of hydrogen-bond donors (Lipinski definition) is 1. The molecule has 1 aromatic rings. The van der Waals surface area contributed by atoms with E-state index in [2.05, 4.69) is 12.2 Å². The van der Waals surface area contributed by atoms with E-state index in [1.165, 1.54) is 0 Å². The largest absolute Gasteiger partial charge is 0.486 e. The Hall–Kier alpha value is -2.24. The second-order valence-electron chi connectivity index (χ2n) is 7.30. The van der Waals surface area contributed by atoms with Gasteiger partial charge in [0.2, 0.25) is 11.8 Å². The third-order valence-corrected chi connectivity index (χ3v) is 5.35. The number of rotatable bonds is 3. The quantitative estimate of drug-likeness (QED) is 0.913. The third kappa shape index (κ3) is 3.43. The van der Waals surface area contributed by atoms with Crippen LogP contribution in [0.5, 0.6) is 11.5 Å². The number of benzene rings is 1. The molecule has 2 heterocycles. The van der Waals surface area contributed by atoms with E-state index in [0.29, 0.717) is 42.7 Å². The van der Waals surface area contributed by atoms with E-state index < -0.39 is 0 Å². The molecule has 1 saturated carbocycles. The lowest BCUT2D eigenvalue weighted by Crippen LogP contribution is -2.39. The minimum atomic E-state index is -0.208. The Balaban J connectivity index is 1.33. The summed E-state index contributed by atoms with van der Waals surface area (Å²) in [6.45, 7) is 4.93. The van der Waals surface area contributed by atoms with Crippen LogP contribution in [0.3, 0.4) is 0 Å². The van der Waals surface area contributed by atoms with Crippen LogP contribution in [0.15, 0.2) is 18.2 Å². The number of amides is 2. The van der Waals surface area contributed by atoms with E-state index in [1.807, 2.05) is 4.90 Å². The van der Waals surface area contributed by atoms with Crippen molar-refractivity contribution < 1.29 is 19.1 Å². The van der Waals surface area contributed by atoms with Crippen molar-refractivity contribution in [2.45, 2.75) is 26.2 Å². The Bertz CT molecular complexity index is 682. The van der Waals surface area contributed by atoms with Crippen LogP contribution in [0.25, 0.3) is 0 Å². The number of fused-ring (bicyclic) bond motifs is 1. The molecular formula is C19H24N2O4. The predicted molar refractivity (Wildman–Crippen MR) is 92.6 cm³/mol. The first-order valence-electron chi connectivity index (χ1n) is 9.11. The van der Waals surface area contributed by atoms with E-state index in [9.17, 15) is 9.59 Å². The summed E-state index contributed by atoms with van der Waals surface area (Å²) < 4.78 is 11.0. The smallest absolute Gasteiger partial charge is 0.228 e. The van der Waals surface area contributed by atoms with Crippen molar-refractivity contribution in [3.8, 4) is 11.5 Å². The van der Waals surface area contributed by atoms with Crippen LogP contribution < -0.4 is 14.8 Å². The van der Waals surface area contributed by atoms with E-state index in [-0.39, 0.29) is 23.7 Å². The molecule has 2 atom stereocenters. The molecule has 0 aromatic heterocycles. The lowest BCUT2D eigenvalue weighted by atomic mass is 9.99. The average molecular weight is 344 g/mol. The number of nitrogens with one attached hydrogen (secondary N) is 1. The van der Waals surface area contributed by atoms with E-state index >= 15 is 0 Å². The Morgan fingerprint density at radius 3 is 2.56 bits per heavy atom. The van der Waals surface area contributed by atoms with Crippen molar-refractivity contribution in [2.75, 3.05) is 31.6 Å². The zero-order valence-electron chi connectivity index (χ0n) is 14.5. The lowest BCUT2D eigenvalue weighted by molar-refractivity contribution is -0.135. The molecule has 0 radical (unpaired) electrons. The molecule has 2 aliphatic heterocycles. The molecule has 2 unspecified atom stereocenters. The molecule has 1 aliphatic carbocycles. The fraction of sp³-hybridized carbons (Fsp3) is 0.579. The number of nitrogens with zero attached hydrogens (tertiary/aromatic N) is 1. The highest BCUT2D eigenvalue weighted by Crippen LogP contribution is 2.42. The van der Waals surface area contributed by atoms with Crippen molar-refractivity contribution >= 4 is 17.5 Å². The van der Waals surface area contributed by atoms with Gasteiger partial charge in [0.15, 0.2) is 11.5 Å². The number of likely N-dealkylation sites (tertiary alicyclic amines) is 1. The van der Waals surface area contributed by atoms with Crippen molar-refractivity contribution in [3.05, 3.63) is 18.2 Å². The molecule has 1 aromatic carbocycles. The fourth-order valence-electron chi connectivity index (χ4n) is 3.58. The normalized spacial score (nSPS) is 25.4. The summed E-state index contributed by atoms with van der Waals surface area (Å²) >= 11 is 0. The first-order valence-corrected chi connectivity index (χ1v) is 9.11. The van der Waals surface area contributed by atoms with Gasteiger partial charge in [-0.3, -0.25) is 9.59 Å².